The molecule has 0 bridgehead atoms. The molecule has 2 unspecified atom stereocenters. The van der Waals surface area contributed by atoms with E-state index < -0.39 is 0 Å². The summed E-state index contributed by atoms with van der Waals surface area (Å²) in [6, 6.07) is 0. The highest BCUT2D eigenvalue weighted by molar-refractivity contribution is 5.72. The van der Waals surface area contributed by atoms with E-state index in [4.69, 9.17) is 4.74 Å². The molecule has 0 saturated carbocycles. The van der Waals surface area contributed by atoms with Crippen LogP contribution in [0.4, 0.5) is 0 Å². The molecule has 0 aliphatic carbocycles. The highest BCUT2D eigenvalue weighted by atomic mass is 16.5. The Kier molecular flexibility index (Phi) is 6.72. The molecule has 0 heterocycles. The zero-order valence-corrected chi connectivity index (χ0v) is 12.5. The van der Waals surface area contributed by atoms with E-state index >= 15 is 0 Å². The maximum atomic E-state index is 11.8. The summed E-state index contributed by atoms with van der Waals surface area (Å²) >= 11 is 0. The van der Waals surface area contributed by atoms with Crippen LogP contribution in [0.5, 0.6) is 0 Å². The van der Waals surface area contributed by atoms with E-state index in [1.165, 1.54) is 0 Å². The predicted octanol–water partition coefficient (Wildman–Crippen LogP) is 1.21. The van der Waals surface area contributed by atoms with Gasteiger partial charge in [-0.1, -0.05) is 13.8 Å². The normalized spacial score (nSPS) is 15.8. The van der Waals surface area contributed by atoms with Crippen LogP contribution >= 0.6 is 0 Å². The summed E-state index contributed by atoms with van der Waals surface area (Å²) in [6.45, 7) is 5.53. The maximum Gasteiger partial charge on any atom is 0.309 e. The van der Waals surface area contributed by atoms with Gasteiger partial charge in [-0.05, 0) is 20.5 Å². The van der Waals surface area contributed by atoms with E-state index in [0.717, 1.165) is 24.0 Å². The number of ether oxygens (including phenoxy) is 1. The largest absolute Gasteiger partial charge is 0.455 e. The SMILES string of the molecule is CCC(C)C(=O)OC(CN(C)C)C[N+](C)(C)C. The van der Waals surface area contributed by atoms with Crippen molar-refractivity contribution in [3.05, 3.63) is 0 Å². The number of esters is 1. The van der Waals surface area contributed by atoms with Crippen molar-refractivity contribution in [2.45, 2.75) is 26.4 Å². The lowest BCUT2D eigenvalue weighted by atomic mass is 10.1. The second kappa shape index (κ2) is 6.97. The molecule has 0 aliphatic heterocycles. The molecule has 4 heteroatoms. The minimum Gasteiger partial charge on any atom is -0.455 e. The third-order valence-electron chi connectivity index (χ3n) is 2.62. The number of likely N-dealkylation sites (N-methyl/N-ethyl adjacent to an activating group) is 2. The first kappa shape index (κ1) is 16.4. The Labute approximate surface area is 106 Å². The van der Waals surface area contributed by atoms with Crippen LogP contribution in [-0.4, -0.2) is 69.8 Å². The fourth-order valence-corrected chi connectivity index (χ4v) is 1.60. The minimum atomic E-state index is -0.0761. The van der Waals surface area contributed by atoms with Gasteiger partial charge in [0.2, 0.25) is 0 Å². The van der Waals surface area contributed by atoms with Crippen LogP contribution in [0, 0.1) is 5.92 Å². The molecule has 0 amide bonds. The van der Waals surface area contributed by atoms with Crippen LogP contribution in [-0.2, 0) is 9.53 Å². The van der Waals surface area contributed by atoms with Crippen molar-refractivity contribution >= 4 is 5.97 Å². The standard InChI is InChI=1S/C13H29N2O2/c1-8-11(2)13(16)17-12(9-14(3)4)10-15(5,6)7/h11-12H,8-10H2,1-7H3/q+1. The number of hydrogen-bond donors (Lipinski definition) is 0. The number of nitrogens with zero attached hydrogens (tertiary/aromatic N) is 2. The van der Waals surface area contributed by atoms with Crippen molar-refractivity contribution in [2.24, 2.45) is 5.92 Å². The molecule has 0 fully saturated rings. The molecule has 0 N–H and O–H groups in total. The quantitative estimate of drug-likeness (QED) is 0.499. The van der Waals surface area contributed by atoms with Crippen LogP contribution in [0.15, 0.2) is 0 Å². The molecular weight excluding hydrogens is 216 g/mol. The third-order valence-corrected chi connectivity index (χ3v) is 2.62. The summed E-state index contributed by atoms with van der Waals surface area (Å²) in [5.74, 6) is -0.0834. The second-order valence-corrected chi connectivity index (χ2v) is 6.10. The van der Waals surface area contributed by atoms with Gasteiger partial charge in [-0.25, -0.2) is 0 Å². The van der Waals surface area contributed by atoms with Crippen LogP contribution < -0.4 is 0 Å². The van der Waals surface area contributed by atoms with Crippen LogP contribution in [0.2, 0.25) is 0 Å². The van der Waals surface area contributed by atoms with E-state index in [-0.39, 0.29) is 18.0 Å². The van der Waals surface area contributed by atoms with Gasteiger partial charge in [0.15, 0.2) is 6.10 Å². The molecule has 0 aromatic rings. The summed E-state index contributed by atoms with van der Waals surface area (Å²) in [5, 5.41) is 0. The summed E-state index contributed by atoms with van der Waals surface area (Å²) in [7, 11) is 10.3. The maximum absolute atomic E-state index is 11.8. The van der Waals surface area contributed by atoms with E-state index in [1.807, 2.05) is 27.9 Å². The van der Waals surface area contributed by atoms with Crippen LogP contribution in [0.25, 0.3) is 0 Å². The first-order valence-electron chi connectivity index (χ1n) is 6.31. The van der Waals surface area contributed by atoms with Crippen molar-refractivity contribution < 1.29 is 14.0 Å². The Bertz CT molecular complexity index is 234. The van der Waals surface area contributed by atoms with Crippen LogP contribution in [0.3, 0.4) is 0 Å². The average Bonchev–Trinajstić information content (AvgIpc) is 2.12. The van der Waals surface area contributed by atoms with Crippen molar-refractivity contribution in [3.63, 3.8) is 0 Å². The zero-order chi connectivity index (χ0) is 13.6. The lowest BCUT2D eigenvalue weighted by Gasteiger charge is -2.30. The van der Waals surface area contributed by atoms with Gasteiger partial charge in [-0.15, -0.1) is 0 Å². The molecular formula is C13H29N2O2+. The topological polar surface area (TPSA) is 29.5 Å². The predicted molar refractivity (Wildman–Crippen MR) is 70.8 cm³/mol. The van der Waals surface area contributed by atoms with Gasteiger partial charge in [-0.3, -0.25) is 4.79 Å². The number of quaternary nitrogens is 1. The Morgan fingerprint density at radius 2 is 1.82 bits per heavy atom. The van der Waals surface area contributed by atoms with Crippen molar-refractivity contribution in [1.82, 2.24) is 4.90 Å². The van der Waals surface area contributed by atoms with E-state index in [1.54, 1.807) is 0 Å². The van der Waals surface area contributed by atoms with E-state index in [2.05, 4.69) is 26.0 Å². The zero-order valence-electron chi connectivity index (χ0n) is 12.5. The fraction of sp³-hybridized carbons (Fsp3) is 0.923. The first-order valence-corrected chi connectivity index (χ1v) is 6.31. The van der Waals surface area contributed by atoms with Crippen molar-refractivity contribution in [3.8, 4) is 0 Å². The van der Waals surface area contributed by atoms with Crippen LogP contribution in [0.1, 0.15) is 20.3 Å². The summed E-state index contributed by atoms with van der Waals surface area (Å²) in [5.41, 5.74) is 0. The van der Waals surface area contributed by atoms with Gasteiger partial charge < -0.3 is 14.1 Å². The molecule has 102 valence electrons. The molecule has 0 aromatic carbocycles. The van der Waals surface area contributed by atoms with Crippen molar-refractivity contribution in [2.75, 3.05) is 48.3 Å². The molecule has 0 spiro atoms. The molecule has 0 saturated heterocycles. The van der Waals surface area contributed by atoms with Crippen molar-refractivity contribution in [1.29, 1.82) is 0 Å². The highest BCUT2D eigenvalue weighted by Gasteiger charge is 2.24. The molecule has 2 atom stereocenters. The number of carbonyl (C=O) groups is 1. The Balaban J connectivity index is 4.43. The van der Waals surface area contributed by atoms with Gasteiger partial charge in [0.25, 0.3) is 0 Å². The smallest absolute Gasteiger partial charge is 0.309 e. The number of hydrogen-bond acceptors (Lipinski definition) is 3. The lowest BCUT2D eigenvalue weighted by Crippen LogP contribution is -2.47. The monoisotopic (exact) mass is 245 g/mol. The molecule has 0 aliphatic rings. The van der Waals surface area contributed by atoms with Gasteiger partial charge in [-0.2, -0.15) is 0 Å². The lowest BCUT2D eigenvalue weighted by molar-refractivity contribution is -0.873. The molecule has 0 aromatic heterocycles. The molecule has 0 radical (unpaired) electrons. The van der Waals surface area contributed by atoms with E-state index in [0.29, 0.717) is 0 Å². The minimum absolute atomic E-state index is 0.00729. The molecule has 17 heavy (non-hydrogen) atoms. The highest BCUT2D eigenvalue weighted by Crippen LogP contribution is 2.08. The second-order valence-electron chi connectivity index (χ2n) is 6.10. The van der Waals surface area contributed by atoms with E-state index in [9.17, 15) is 4.79 Å². The molecule has 4 nitrogen and oxygen atoms in total. The summed E-state index contributed by atoms with van der Waals surface area (Å²) < 4.78 is 6.39. The fourth-order valence-electron chi connectivity index (χ4n) is 1.60. The first-order chi connectivity index (χ1) is 7.65. The Morgan fingerprint density at radius 1 is 1.29 bits per heavy atom. The third kappa shape index (κ3) is 8.16. The summed E-state index contributed by atoms with van der Waals surface area (Å²) in [4.78, 5) is 13.9. The Hall–Kier alpha value is -0.610. The van der Waals surface area contributed by atoms with Gasteiger partial charge >= 0.3 is 5.97 Å². The summed E-state index contributed by atoms with van der Waals surface area (Å²) in [6.07, 6.45) is 0.796. The van der Waals surface area contributed by atoms with Gasteiger partial charge in [0, 0.05) is 6.54 Å². The van der Waals surface area contributed by atoms with Gasteiger partial charge in [0.05, 0.1) is 27.1 Å². The Morgan fingerprint density at radius 3 is 2.18 bits per heavy atom. The molecule has 0 rings (SSSR count). The number of rotatable bonds is 7. The average molecular weight is 245 g/mol. The number of carbonyl (C=O) groups excluding carboxylic acids is 1. The van der Waals surface area contributed by atoms with Gasteiger partial charge in [0.1, 0.15) is 6.54 Å².